The van der Waals surface area contributed by atoms with Crippen LogP contribution in [0.2, 0.25) is 0 Å². The van der Waals surface area contributed by atoms with E-state index in [0.29, 0.717) is 13.2 Å². The van der Waals surface area contributed by atoms with Crippen molar-refractivity contribution in [2.24, 2.45) is 5.41 Å². The molecule has 1 atom stereocenters. The Morgan fingerprint density at radius 3 is 2.32 bits per heavy atom. The fourth-order valence-electron chi connectivity index (χ4n) is 1.98. The molecule has 1 amide bonds. The lowest BCUT2D eigenvalue weighted by atomic mass is 9.89. The minimum Gasteiger partial charge on any atom is -0.391 e. The molecule has 1 fully saturated rings. The summed E-state index contributed by atoms with van der Waals surface area (Å²) in [6.45, 7) is 12.5. The Hall–Kier alpha value is -0.650. The van der Waals surface area contributed by atoms with Gasteiger partial charge in [-0.3, -0.25) is 9.69 Å². The molecule has 19 heavy (non-hydrogen) atoms. The number of aliphatic hydroxyl groups is 1. The number of carbonyl (C=O) groups excluding carboxylic acids is 1. The van der Waals surface area contributed by atoms with E-state index in [1.807, 2.05) is 32.6 Å². The summed E-state index contributed by atoms with van der Waals surface area (Å²) in [6.07, 6.45) is -0.335. The first-order valence-electron chi connectivity index (χ1n) is 7.10. The number of β-amino-alcohol motifs (C(OH)–C–C–N with tert-alkyl or cyclic N) is 1. The predicted molar refractivity (Wildman–Crippen MR) is 75.0 cm³/mol. The molecule has 0 aromatic heterocycles. The highest BCUT2D eigenvalue weighted by atomic mass is 16.5. The van der Waals surface area contributed by atoms with Gasteiger partial charge in [0.2, 0.25) is 5.91 Å². The van der Waals surface area contributed by atoms with Crippen LogP contribution in [-0.4, -0.2) is 72.9 Å². The van der Waals surface area contributed by atoms with Gasteiger partial charge in [-0.25, -0.2) is 0 Å². The average molecular weight is 272 g/mol. The van der Waals surface area contributed by atoms with Gasteiger partial charge in [0.15, 0.2) is 0 Å². The van der Waals surface area contributed by atoms with E-state index in [1.165, 1.54) is 0 Å². The molecule has 0 unspecified atom stereocenters. The van der Waals surface area contributed by atoms with Crippen molar-refractivity contribution in [2.45, 2.75) is 33.8 Å². The maximum absolute atomic E-state index is 11.8. The van der Waals surface area contributed by atoms with Gasteiger partial charge in [0.05, 0.1) is 6.10 Å². The van der Waals surface area contributed by atoms with Crippen molar-refractivity contribution in [3.8, 4) is 0 Å². The highest BCUT2D eigenvalue weighted by Gasteiger charge is 2.27. The summed E-state index contributed by atoms with van der Waals surface area (Å²) in [5, 5.41) is 10.1. The number of rotatable bonds is 5. The van der Waals surface area contributed by atoms with Gasteiger partial charge in [-0.2, -0.15) is 0 Å². The molecule has 1 saturated heterocycles. The minimum absolute atomic E-state index is 0.0675. The van der Waals surface area contributed by atoms with Crippen molar-refractivity contribution in [3.05, 3.63) is 0 Å². The summed E-state index contributed by atoms with van der Waals surface area (Å²) < 4.78 is 5.14. The first-order valence-corrected chi connectivity index (χ1v) is 7.10. The molecule has 0 aromatic rings. The molecule has 0 spiro atoms. The van der Waals surface area contributed by atoms with Crippen LogP contribution in [0.3, 0.4) is 0 Å². The highest BCUT2D eigenvalue weighted by molar-refractivity contribution is 5.77. The number of hydrogen-bond acceptors (Lipinski definition) is 4. The Morgan fingerprint density at radius 2 is 1.84 bits per heavy atom. The molecule has 1 aliphatic heterocycles. The predicted octanol–water partition coefficient (Wildman–Crippen LogP) is 0.574. The standard InChI is InChI=1S/C14H28N2O3/c1-5-19-11-13(18)16-8-6-15(7-9-16)10-12(17)14(2,3)4/h12,17H,5-11H2,1-4H3/t12-/m1/s1. The summed E-state index contributed by atoms with van der Waals surface area (Å²) in [5.74, 6) is 0.0675. The van der Waals surface area contributed by atoms with E-state index in [4.69, 9.17) is 4.74 Å². The lowest BCUT2D eigenvalue weighted by Crippen LogP contribution is -2.52. The van der Waals surface area contributed by atoms with Gasteiger partial charge in [0.25, 0.3) is 0 Å². The molecule has 5 heteroatoms. The van der Waals surface area contributed by atoms with Gasteiger partial charge in [0, 0.05) is 39.3 Å². The van der Waals surface area contributed by atoms with E-state index < -0.39 is 0 Å². The van der Waals surface area contributed by atoms with Crippen molar-refractivity contribution < 1.29 is 14.6 Å². The lowest BCUT2D eigenvalue weighted by Gasteiger charge is -2.37. The summed E-state index contributed by atoms with van der Waals surface area (Å²) in [4.78, 5) is 15.8. The van der Waals surface area contributed by atoms with Crippen LogP contribution in [0.25, 0.3) is 0 Å². The zero-order valence-electron chi connectivity index (χ0n) is 12.7. The molecule has 0 bridgehead atoms. The zero-order chi connectivity index (χ0) is 14.5. The van der Waals surface area contributed by atoms with Crippen LogP contribution in [0.1, 0.15) is 27.7 Å². The summed E-state index contributed by atoms with van der Waals surface area (Å²) in [5.41, 5.74) is -0.0953. The van der Waals surface area contributed by atoms with Crippen LogP contribution in [0.4, 0.5) is 0 Å². The number of hydrogen-bond donors (Lipinski definition) is 1. The quantitative estimate of drug-likeness (QED) is 0.795. The van der Waals surface area contributed by atoms with Gasteiger partial charge in [-0.15, -0.1) is 0 Å². The lowest BCUT2D eigenvalue weighted by molar-refractivity contribution is -0.138. The van der Waals surface area contributed by atoms with Crippen molar-refractivity contribution in [1.29, 1.82) is 0 Å². The molecule has 5 nitrogen and oxygen atoms in total. The Balaban J connectivity index is 2.31. The van der Waals surface area contributed by atoms with Gasteiger partial charge in [0.1, 0.15) is 6.61 Å². The second kappa shape index (κ2) is 7.22. The van der Waals surface area contributed by atoms with Crippen molar-refractivity contribution in [2.75, 3.05) is 45.9 Å². The molecule has 0 radical (unpaired) electrons. The summed E-state index contributed by atoms with van der Waals surface area (Å²) in [6, 6.07) is 0. The monoisotopic (exact) mass is 272 g/mol. The van der Waals surface area contributed by atoms with Crippen molar-refractivity contribution in [3.63, 3.8) is 0 Å². The normalized spacial score (nSPS) is 19.5. The molecular formula is C14H28N2O3. The second-order valence-electron chi connectivity index (χ2n) is 6.20. The molecule has 1 heterocycles. The van der Waals surface area contributed by atoms with Crippen LogP contribution in [0.15, 0.2) is 0 Å². The first-order chi connectivity index (χ1) is 8.84. The van der Waals surface area contributed by atoms with Crippen LogP contribution in [-0.2, 0) is 9.53 Å². The Morgan fingerprint density at radius 1 is 1.26 bits per heavy atom. The largest absolute Gasteiger partial charge is 0.391 e. The van der Waals surface area contributed by atoms with Gasteiger partial charge in [-0.1, -0.05) is 20.8 Å². The van der Waals surface area contributed by atoms with E-state index in [-0.39, 0.29) is 24.0 Å². The van der Waals surface area contributed by atoms with Crippen LogP contribution in [0, 0.1) is 5.41 Å². The average Bonchev–Trinajstić information content (AvgIpc) is 2.35. The topological polar surface area (TPSA) is 53.0 Å². The van der Waals surface area contributed by atoms with E-state index in [9.17, 15) is 9.90 Å². The third-order valence-corrected chi connectivity index (χ3v) is 3.59. The summed E-state index contributed by atoms with van der Waals surface area (Å²) in [7, 11) is 0. The number of amides is 1. The van der Waals surface area contributed by atoms with Gasteiger partial charge >= 0.3 is 0 Å². The fraction of sp³-hybridized carbons (Fsp3) is 0.929. The van der Waals surface area contributed by atoms with Crippen molar-refractivity contribution in [1.82, 2.24) is 9.80 Å². The fourth-order valence-corrected chi connectivity index (χ4v) is 1.98. The molecular weight excluding hydrogens is 244 g/mol. The Labute approximate surface area is 116 Å². The molecule has 1 N–H and O–H groups in total. The third-order valence-electron chi connectivity index (χ3n) is 3.59. The number of nitrogens with zero attached hydrogens (tertiary/aromatic N) is 2. The molecule has 0 aliphatic carbocycles. The maximum Gasteiger partial charge on any atom is 0.248 e. The molecule has 1 rings (SSSR count). The molecule has 1 aliphatic rings. The number of ether oxygens (including phenoxy) is 1. The highest BCUT2D eigenvalue weighted by Crippen LogP contribution is 2.20. The van der Waals surface area contributed by atoms with Gasteiger partial charge < -0.3 is 14.7 Å². The molecule has 112 valence electrons. The molecule has 0 aromatic carbocycles. The van der Waals surface area contributed by atoms with Crippen LogP contribution in [0.5, 0.6) is 0 Å². The zero-order valence-corrected chi connectivity index (χ0v) is 12.7. The maximum atomic E-state index is 11.8. The van der Waals surface area contributed by atoms with Crippen molar-refractivity contribution >= 4 is 5.91 Å². The SMILES string of the molecule is CCOCC(=O)N1CCN(C[C@@H](O)C(C)(C)C)CC1. The van der Waals surface area contributed by atoms with E-state index in [1.54, 1.807) is 0 Å². The second-order valence-corrected chi connectivity index (χ2v) is 6.20. The van der Waals surface area contributed by atoms with Crippen LogP contribution < -0.4 is 0 Å². The summed E-state index contributed by atoms with van der Waals surface area (Å²) >= 11 is 0. The smallest absolute Gasteiger partial charge is 0.248 e. The van der Waals surface area contributed by atoms with Crippen LogP contribution >= 0.6 is 0 Å². The van der Waals surface area contributed by atoms with Gasteiger partial charge in [-0.05, 0) is 12.3 Å². The Bertz CT molecular complexity index is 281. The first kappa shape index (κ1) is 16.4. The Kier molecular flexibility index (Phi) is 6.23. The molecule has 0 saturated carbocycles. The third kappa shape index (κ3) is 5.47. The number of piperazine rings is 1. The number of aliphatic hydroxyl groups excluding tert-OH is 1. The van der Waals surface area contributed by atoms with E-state index in [0.717, 1.165) is 26.2 Å². The van der Waals surface area contributed by atoms with E-state index >= 15 is 0 Å². The minimum atomic E-state index is -0.335. The van der Waals surface area contributed by atoms with E-state index in [2.05, 4.69) is 4.90 Å². The number of carbonyl (C=O) groups is 1.